The highest BCUT2D eigenvalue weighted by Gasteiger charge is 2.07. The fraction of sp³-hybridized carbons (Fsp3) is 0.0667. The highest BCUT2D eigenvalue weighted by Crippen LogP contribution is 2.21. The number of carbonyl (C=O) groups is 2. The minimum atomic E-state index is -0.367. The first-order valence-corrected chi connectivity index (χ1v) is 6.15. The molecule has 20 heavy (non-hydrogen) atoms. The van der Waals surface area contributed by atoms with Gasteiger partial charge < -0.3 is 16.0 Å². The summed E-state index contributed by atoms with van der Waals surface area (Å²) in [7, 11) is 0. The zero-order valence-corrected chi connectivity index (χ0v) is 11.0. The highest BCUT2D eigenvalue weighted by molar-refractivity contribution is 6.03. The Balaban J connectivity index is 2.06. The molecule has 0 atom stereocenters. The van der Waals surface area contributed by atoms with Crippen LogP contribution in [0.3, 0.4) is 0 Å². The number of nitrogens with one attached hydrogen (secondary N) is 3. The quantitative estimate of drug-likeness (QED) is 0.800. The van der Waals surface area contributed by atoms with Gasteiger partial charge in [-0.1, -0.05) is 30.3 Å². The maximum absolute atomic E-state index is 11.9. The van der Waals surface area contributed by atoms with Crippen LogP contribution < -0.4 is 16.0 Å². The number of amides is 3. The van der Waals surface area contributed by atoms with Crippen LogP contribution in [0.5, 0.6) is 0 Å². The molecule has 0 heterocycles. The van der Waals surface area contributed by atoms with Crippen molar-refractivity contribution in [3.05, 3.63) is 54.6 Å². The van der Waals surface area contributed by atoms with E-state index in [4.69, 9.17) is 0 Å². The average molecular weight is 269 g/mol. The lowest BCUT2D eigenvalue weighted by Gasteiger charge is -2.12. The number of urea groups is 1. The number of hydrogen-bond acceptors (Lipinski definition) is 2. The molecule has 102 valence electrons. The van der Waals surface area contributed by atoms with Gasteiger partial charge in [0.1, 0.15) is 0 Å². The summed E-state index contributed by atoms with van der Waals surface area (Å²) in [6.45, 7) is 1.42. The maximum atomic E-state index is 11.9. The van der Waals surface area contributed by atoms with E-state index >= 15 is 0 Å². The van der Waals surface area contributed by atoms with Crippen molar-refractivity contribution >= 4 is 29.0 Å². The van der Waals surface area contributed by atoms with E-state index in [-0.39, 0.29) is 11.9 Å². The Bertz CT molecular complexity index is 612. The van der Waals surface area contributed by atoms with Crippen molar-refractivity contribution in [2.24, 2.45) is 0 Å². The summed E-state index contributed by atoms with van der Waals surface area (Å²) in [6.07, 6.45) is 0. The van der Waals surface area contributed by atoms with Gasteiger partial charge in [0.25, 0.3) is 0 Å². The van der Waals surface area contributed by atoms with Crippen molar-refractivity contribution in [3.8, 4) is 0 Å². The minimum Gasteiger partial charge on any atom is -0.325 e. The summed E-state index contributed by atoms with van der Waals surface area (Å²) in [5, 5.41) is 8.07. The van der Waals surface area contributed by atoms with Crippen molar-refractivity contribution in [2.75, 3.05) is 16.0 Å². The monoisotopic (exact) mass is 269 g/mol. The topological polar surface area (TPSA) is 70.2 Å². The number of para-hydroxylation sites is 3. The molecular formula is C15H15N3O2. The molecule has 0 bridgehead atoms. The van der Waals surface area contributed by atoms with Crippen molar-refractivity contribution in [2.45, 2.75) is 6.92 Å². The van der Waals surface area contributed by atoms with Crippen LogP contribution in [0.4, 0.5) is 21.9 Å². The third kappa shape index (κ3) is 3.84. The molecule has 2 aromatic rings. The summed E-state index contributed by atoms with van der Waals surface area (Å²) in [6, 6.07) is 15.8. The molecule has 0 aliphatic rings. The van der Waals surface area contributed by atoms with E-state index in [0.29, 0.717) is 17.1 Å². The third-order valence-electron chi connectivity index (χ3n) is 2.52. The molecule has 5 nitrogen and oxygen atoms in total. The molecule has 5 heteroatoms. The second-order valence-corrected chi connectivity index (χ2v) is 4.17. The summed E-state index contributed by atoms with van der Waals surface area (Å²) < 4.78 is 0. The van der Waals surface area contributed by atoms with Gasteiger partial charge in [-0.15, -0.1) is 0 Å². The van der Waals surface area contributed by atoms with Gasteiger partial charge in [-0.3, -0.25) is 4.79 Å². The Hall–Kier alpha value is -2.82. The van der Waals surface area contributed by atoms with Crippen LogP contribution in [0.1, 0.15) is 6.92 Å². The van der Waals surface area contributed by atoms with Gasteiger partial charge in [0.15, 0.2) is 0 Å². The van der Waals surface area contributed by atoms with E-state index in [1.807, 2.05) is 18.2 Å². The van der Waals surface area contributed by atoms with Crippen molar-refractivity contribution in [3.63, 3.8) is 0 Å². The molecule has 0 unspecified atom stereocenters. The third-order valence-corrected chi connectivity index (χ3v) is 2.52. The van der Waals surface area contributed by atoms with Crippen LogP contribution in [0.2, 0.25) is 0 Å². The van der Waals surface area contributed by atoms with Gasteiger partial charge in [0.2, 0.25) is 5.91 Å². The lowest BCUT2D eigenvalue weighted by atomic mass is 10.2. The molecule has 0 aliphatic carbocycles. The lowest BCUT2D eigenvalue weighted by molar-refractivity contribution is -0.114. The van der Waals surface area contributed by atoms with Crippen LogP contribution in [0.15, 0.2) is 54.6 Å². The molecule has 0 fully saturated rings. The summed E-state index contributed by atoms with van der Waals surface area (Å²) in [5.74, 6) is -0.192. The van der Waals surface area contributed by atoms with E-state index in [0.717, 1.165) is 0 Å². The zero-order valence-electron chi connectivity index (χ0n) is 11.0. The first-order chi connectivity index (χ1) is 9.65. The number of benzene rings is 2. The van der Waals surface area contributed by atoms with Crippen LogP contribution in [0, 0.1) is 0 Å². The fourth-order valence-electron chi connectivity index (χ4n) is 1.70. The molecule has 3 N–H and O–H groups in total. The van der Waals surface area contributed by atoms with Gasteiger partial charge in [0.05, 0.1) is 11.4 Å². The van der Waals surface area contributed by atoms with Crippen LogP contribution >= 0.6 is 0 Å². The highest BCUT2D eigenvalue weighted by atomic mass is 16.2. The molecule has 0 aliphatic heterocycles. The summed E-state index contributed by atoms with van der Waals surface area (Å²) >= 11 is 0. The number of rotatable bonds is 3. The molecule has 0 saturated carbocycles. The molecule has 0 aromatic heterocycles. The molecule has 2 rings (SSSR count). The Labute approximate surface area is 117 Å². The molecule has 3 amide bonds. The van der Waals surface area contributed by atoms with Crippen LogP contribution in [-0.4, -0.2) is 11.9 Å². The van der Waals surface area contributed by atoms with E-state index in [2.05, 4.69) is 16.0 Å². The fourth-order valence-corrected chi connectivity index (χ4v) is 1.70. The predicted octanol–water partition coefficient (Wildman–Crippen LogP) is 3.29. The van der Waals surface area contributed by atoms with E-state index in [9.17, 15) is 9.59 Å². The zero-order chi connectivity index (χ0) is 14.4. The van der Waals surface area contributed by atoms with Crippen LogP contribution in [0.25, 0.3) is 0 Å². The Kier molecular flexibility index (Phi) is 4.34. The van der Waals surface area contributed by atoms with Crippen molar-refractivity contribution in [1.82, 2.24) is 0 Å². The Morgan fingerprint density at radius 3 is 1.90 bits per heavy atom. The van der Waals surface area contributed by atoms with Gasteiger partial charge >= 0.3 is 6.03 Å². The maximum Gasteiger partial charge on any atom is 0.323 e. The normalized spacial score (nSPS) is 9.65. The van der Waals surface area contributed by atoms with Gasteiger partial charge in [-0.2, -0.15) is 0 Å². The Morgan fingerprint density at radius 1 is 0.750 bits per heavy atom. The van der Waals surface area contributed by atoms with Gasteiger partial charge in [-0.05, 0) is 24.3 Å². The van der Waals surface area contributed by atoms with Crippen molar-refractivity contribution < 1.29 is 9.59 Å². The molecule has 0 radical (unpaired) electrons. The van der Waals surface area contributed by atoms with E-state index < -0.39 is 0 Å². The van der Waals surface area contributed by atoms with E-state index in [1.54, 1.807) is 36.4 Å². The summed E-state index contributed by atoms with van der Waals surface area (Å²) in [5.41, 5.74) is 1.79. The smallest absolute Gasteiger partial charge is 0.323 e. The second-order valence-electron chi connectivity index (χ2n) is 4.17. The van der Waals surface area contributed by atoms with E-state index in [1.165, 1.54) is 6.92 Å². The first kappa shape index (κ1) is 13.6. The SMILES string of the molecule is CC(=O)Nc1ccccc1NC(=O)Nc1ccccc1. The molecule has 0 saturated heterocycles. The van der Waals surface area contributed by atoms with Crippen molar-refractivity contribution in [1.29, 1.82) is 0 Å². The summed E-state index contributed by atoms with van der Waals surface area (Å²) in [4.78, 5) is 23.0. The number of carbonyl (C=O) groups excluding carboxylic acids is 2. The number of anilines is 3. The second kappa shape index (κ2) is 6.38. The number of hydrogen-bond donors (Lipinski definition) is 3. The lowest BCUT2D eigenvalue weighted by Crippen LogP contribution is -2.20. The van der Waals surface area contributed by atoms with Crippen LogP contribution in [-0.2, 0) is 4.79 Å². The average Bonchev–Trinajstić information content (AvgIpc) is 2.41. The Morgan fingerprint density at radius 2 is 1.30 bits per heavy atom. The first-order valence-electron chi connectivity index (χ1n) is 6.15. The minimum absolute atomic E-state index is 0.192. The van der Waals surface area contributed by atoms with Gasteiger partial charge in [-0.25, -0.2) is 4.79 Å². The molecular weight excluding hydrogens is 254 g/mol. The predicted molar refractivity (Wildman–Crippen MR) is 79.8 cm³/mol. The largest absolute Gasteiger partial charge is 0.325 e. The molecule has 0 spiro atoms. The molecule has 2 aromatic carbocycles. The standard InChI is InChI=1S/C15H15N3O2/c1-11(19)16-13-9-5-6-10-14(13)18-15(20)17-12-7-3-2-4-8-12/h2-10H,1H3,(H,16,19)(H2,17,18,20). The van der Waals surface area contributed by atoms with Gasteiger partial charge in [0, 0.05) is 12.6 Å².